The summed E-state index contributed by atoms with van der Waals surface area (Å²) in [6.45, 7) is 3.75. The third-order valence-corrected chi connectivity index (χ3v) is 7.69. The van der Waals surface area contributed by atoms with Crippen LogP contribution in [0.5, 0.6) is 0 Å². The zero-order chi connectivity index (χ0) is 23.8. The number of nitrogens with zero attached hydrogens (tertiary/aromatic N) is 2. The SMILES string of the molecule is Cc1ccc(NC(=O)CN2C(=O)N[C@@](C)(c3ccco3)C2=O)cc1S(=O)(=O)N1CCOCC1. The fourth-order valence-electron chi connectivity index (χ4n) is 3.80. The summed E-state index contributed by atoms with van der Waals surface area (Å²) in [6.07, 6.45) is 1.38. The molecule has 33 heavy (non-hydrogen) atoms. The number of nitrogens with one attached hydrogen (secondary N) is 2. The van der Waals surface area contributed by atoms with Crippen molar-refractivity contribution in [2.24, 2.45) is 0 Å². The van der Waals surface area contributed by atoms with E-state index >= 15 is 0 Å². The number of hydrogen-bond donors (Lipinski definition) is 2. The number of morpholine rings is 1. The van der Waals surface area contributed by atoms with Gasteiger partial charge in [-0.1, -0.05) is 6.07 Å². The van der Waals surface area contributed by atoms with Gasteiger partial charge in [0.05, 0.1) is 24.4 Å². The minimum atomic E-state index is -3.77. The maximum atomic E-state index is 13.0. The highest BCUT2D eigenvalue weighted by Crippen LogP contribution is 2.29. The van der Waals surface area contributed by atoms with Crippen molar-refractivity contribution in [2.45, 2.75) is 24.3 Å². The van der Waals surface area contributed by atoms with Gasteiger partial charge >= 0.3 is 6.03 Å². The first-order valence-electron chi connectivity index (χ1n) is 10.3. The maximum absolute atomic E-state index is 13.0. The molecule has 4 rings (SSSR count). The van der Waals surface area contributed by atoms with Gasteiger partial charge in [-0.2, -0.15) is 4.31 Å². The van der Waals surface area contributed by atoms with Gasteiger partial charge in [0.2, 0.25) is 15.9 Å². The predicted octanol–water partition coefficient (Wildman–Crippen LogP) is 1.01. The number of hydrogen-bond acceptors (Lipinski definition) is 7. The standard InChI is InChI=1S/C21H24N4O7S/c1-14-5-6-15(12-16(14)33(29,30)24-7-10-31-11-8-24)22-18(26)13-25-19(27)21(2,23-20(25)28)17-4-3-9-32-17/h3-6,9,12H,7-8,10-11,13H2,1-2H3,(H,22,26)(H,23,28)/t21-/m0/s1. The minimum absolute atomic E-state index is 0.0718. The Balaban J connectivity index is 1.49. The highest BCUT2D eigenvalue weighted by atomic mass is 32.2. The quantitative estimate of drug-likeness (QED) is 0.594. The van der Waals surface area contributed by atoms with Crippen LogP contribution in [0.3, 0.4) is 0 Å². The molecule has 3 heterocycles. The molecule has 176 valence electrons. The van der Waals surface area contributed by atoms with Crippen molar-refractivity contribution >= 4 is 33.6 Å². The van der Waals surface area contributed by atoms with Crippen molar-refractivity contribution in [1.29, 1.82) is 0 Å². The van der Waals surface area contributed by atoms with E-state index in [-0.39, 0.29) is 29.4 Å². The number of imide groups is 1. The Hall–Kier alpha value is -3.22. The first-order valence-corrected chi connectivity index (χ1v) is 11.7. The number of rotatable bonds is 6. The summed E-state index contributed by atoms with van der Waals surface area (Å²) in [7, 11) is -3.77. The van der Waals surface area contributed by atoms with Gasteiger partial charge < -0.3 is 19.8 Å². The zero-order valence-electron chi connectivity index (χ0n) is 18.2. The number of ether oxygens (including phenoxy) is 1. The van der Waals surface area contributed by atoms with E-state index in [0.717, 1.165) is 4.90 Å². The number of sulfonamides is 1. The highest BCUT2D eigenvalue weighted by Gasteiger charge is 2.51. The second kappa shape index (κ2) is 8.61. The zero-order valence-corrected chi connectivity index (χ0v) is 19.0. The lowest BCUT2D eigenvalue weighted by atomic mass is 9.99. The minimum Gasteiger partial charge on any atom is -0.466 e. The second-order valence-corrected chi connectivity index (χ2v) is 9.88. The lowest BCUT2D eigenvalue weighted by Crippen LogP contribution is -2.42. The van der Waals surface area contributed by atoms with Crippen molar-refractivity contribution in [3.05, 3.63) is 47.9 Å². The molecule has 0 spiro atoms. The van der Waals surface area contributed by atoms with Gasteiger partial charge in [-0.15, -0.1) is 0 Å². The van der Waals surface area contributed by atoms with E-state index in [2.05, 4.69) is 10.6 Å². The number of benzene rings is 1. The largest absolute Gasteiger partial charge is 0.466 e. The number of furan rings is 1. The second-order valence-electron chi connectivity index (χ2n) is 7.97. The van der Waals surface area contributed by atoms with Crippen LogP contribution in [0.15, 0.2) is 45.9 Å². The van der Waals surface area contributed by atoms with E-state index in [1.54, 1.807) is 31.2 Å². The summed E-state index contributed by atoms with van der Waals surface area (Å²) in [6, 6.07) is 6.94. The van der Waals surface area contributed by atoms with Crippen LogP contribution in [0, 0.1) is 6.92 Å². The van der Waals surface area contributed by atoms with E-state index in [9.17, 15) is 22.8 Å². The van der Waals surface area contributed by atoms with Crippen LogP contribution in [0.25, 0.3) is 0 Å². The van der Waals surface area contributed by atoms with Crippen LogP contribution in [0.1, 0.15) is 18.2 Å². The Kier molecular flexibility index (Phi) is 5.99. The van der Waals surface area contributed by atoms with Gasteiger partial charge in [0, 0.05) is 18.8 Å². The molecule has 1 atom stereocenters. The molecule has 2 saturated heterocycles. The van der Waals surface area contributed by atoms with Gasteiger partial charge in [-0.25, -0.2) is 13.2 Å². The summed E-state index contributed by atoms with van der Waals surface area (Å²) < 4.78 is 37.9. The predicted molar refractivity (Wildman–Crippen MR) is 116 cm³/mol. The van der Waals surface area contributed by atoms with Crippen LogP contribution in [0.2, 0.25) is 0 Å². The van der Waals surface area contributed by atoms with E-state index in [1.807, 2.05) is 0 Å². The van der Waals surface area contributed by atoms with Crippen LogP contribution < -0.4 is 10.6 Å². The van der Waals surface area contributed by atoms with Crippen LogP contribution in [-0.4, -0.2) is 68.3 Å². The molecule has 4 amide bonds. The molecule has 12 heteroatoms. The Morgan fingerprint density at radius 3 is 2.61 bits per heavy atom. The van der Waals surface area contributed by atoms with E-state index < -0.39 is 40.0 Å². The average molecular weight is 477 g/mol. The van der Waals surface area contributed by atoms with E-state index in [4.69, 9.17) is 9.15 Å². The molecule has 0 radical (unpaired) electrons. The van der Waals surface area contributed by atoms with Gasteiger partial charge in [0.15, 0.2) is 5.54 Å². The molecule has 0 bridgehead atoms. The molecule has 11 nitrogen and oxygen atoms in total. The number of urea groups is 1. The molecule has 1 aromatic heterocycles. The molecule has 2 aliphatic heterocycles. The van der Waals surface area contributed by atoms with Crippen LogP contribution in [-0.2, 0) is 29.9 Å². The van der Waals surface area contributed by atoms with Crippen molar-refractivity contribution in [1.82, 2.24) is 14.5 Å². The maximum Gasteiger partial charge on any atom is 0.325 e. The molecular weight excluding hydrogens is 452 g/mol. The molecule has 1 aromatic carbocycles. The summed E-state index contributed by atoms with van der Waals surface area (Å²) >= 11 is 0. The number of anilines is 1. The lowest BCUT2D eigenvalue weighted by Gasteiger charge is -2.27. The van der Waals surface area contributed by atoms with Gasteiger partial charge in [0.25, 0.3) is 5.91 Å². The topological polar surface area (TPSA) is 138 Å². The summed E-state index contributed by atoms with van der Waals surface area (Å²) in [4.78, 5) is 38.7. The molecule has 2 fully saturated rings. The molecule has 2 N–H and O–H groups in total. The van der Waals surface area contributed by atoms with Crippen molar-refractivity contribution in [3.8, 4) is 0 Å². The Morgan fingerprint density at radius 1 is 1.21 bits per heavy atom. The van der Waals surface area contributed by atoms with Crippen molar-refractivity contribution in [3.63, 3.8) is 0 Å². The van der Waals surface area contributed by atoms with Gasteiger partial charge in [0.1, 0.15) is 12.3 Å². The molecular formula is C21H24N4O7S. The fourth-order valence-corrected chi connectivity index (χ4v) is 5.46. The van der Waals surface area contributed by atoms with Crippen molar-refractivity contribution in [2.75, 3.05) is 38.2 Å². The summed E-state index contributed by atoms with van der Waals surface area (Å²) in [5, 5.41) is 5.11. The molecule has 0 saturated carbocycles. The Bertz CT molecular complexity index is 1190. The smallest absolute Gasteiger partial charge is 0.325 e. The number of aryl methyl sites for hydroxylation is 1. The Morgan fingerprint density at radius 2 is 1.94 bits per heavy atom. The van der Waals surface area contributed by atoms with E-state index in [0.29, 0.717) is 18.8 Å². The summed E-state index contributed by atoms with van der Waals surface area (Å²) in [5.74, 6) is -1.03. The summed E-state index contributed by atoms with van der Waals surface area (Å²) in [5.41, 5.74) is -0.648. The number of amides is 4. The fraction of sp³-hybridized carbons (Fsp3) is 0.381. The third kappa shape index (κ3) is 4.24. The third-order valence-electron chi connectivity index (χ3n) is 5.65. The first-order chi connectivity index (χ1) is 15.6. The first kappa shape index (κ1) is 23.0. The van der Waals surface area contributed by atoms with Crippen molar-refractivity contribution < 1.29 is 32.0 Å². The lowest BCUT2D eigenvalue weighted by molar-refractivity contribution is -0.134. The number of carbonyl (C=O) groups excluding carboxylic acids is 3. The van der Waals surface area contributed by atoms with E-state index in [1.165, 1.54) is 23.6 Å². The van der Waals surface area contributed by atoms with Crippen LogP contribution in [0.4, 0.5) is 10.5 Å². The van der Waals surface area contributed by atoms with Crippen LogP contribution >= 0.6 is 0 Å². The normalized spacial score (nSPS) is 21.8. The molecule has 2 aromatic rings. The molecule has 2 aliphatic rings. The highest BCUT2D eigenvalue weighted by molar-refractivity contribution is 7.89. The molecule has 0 unspecified atom stereocenters. The van der Waals surface area contributed by atoms with Gasteiger partial charge in [-0.3, -0.25) is 14.5 Å². The molecule has 0 aliphatic carbocycles. The average Bonchev–Trinajstić information content (AvgIpc) is 3.40. The monoisotopic (exact) mass is 476 g/mol. The number of carbonyl (C=O) groups is 3. The van der Waals surface area contributed by atoms with Gasteiger partial charge in [-0.05, 0) is 43.7 Å². The Labute approximate surface area is 190 Å².